The Morgan fingerprint density at radius 1 is 0.450 bits per heavy atom. The predicted molar refractivity (Wildman–Crippen MR) is 174 cm³/mol. The number of aryl methyl sites for hydroxylation is 1. The smallest absolute Gasteiger partial charge is 0.324 e. The van der Waals surface area contributed by atoms with Gasteiger partial charge in [0, 0.05) is 0 Å². The van der Waals surface area contributed by atoms with E-state index in [1.807, 2.05) is 0 Å². The van der Waals surface area contributed by atoms with Crippen molar-refractivity contribution in [3.8, 4) is 22.3 Å². The molecule has 0 saturated heterocycles. The SMILES string of the molecule is CCCCCCCCCc1cccc(-c2ccccc2-c2ccccc2)c1CCCCCCCCC.OP(O)O. The van der Waals surface area contributed by atoms with Gasteiger partial charge < -0.3 is 14.7 Å². The van der Waals surface area contributed by atoms with Crippen LogP contribution in [-0.2, 0) is 12.8 Å². The highest BCUT2D eigenvalue weighted by molar-refractivity contribution is 7.38. The van der Waals surface area contributed by atoms with Crippen molar-refractivity contribution in [3.05, 3.63) is 83.9 Å². The standard InChI is InChI=1S/C36H50.H3O3P/c1-3-5-7-9-11-13-16-23-32-26-22-30-36(33(32)27-19-14-12-10-8-6-4-2)35-29-21-20-28-34(35)31-24-17-15-18-25-31;1-4(2)3/h15,17-18,20-22,24-26,28-30H,3-14,16,19,23,27H2,1-2H3;1-3H. The second kappa shape index (κ2) is 21.7. The molecule has 0 amide bonds. The maximum atomic E-state index is 7.23. The van der Waals surface area contributed by atoms with Gasteiger partial charge in [-0.05, 0) is 59.1 Å². The summed E-state index contributed by atoms with van der Waals surface area (Å²) in [5, 5.41) is 0. The second-order valence-electron chi connectivity index (χ2n) is 10.9. The Morgan fingerprint density at radius 3 is 1.48 bits per heavy atom. The Morgan fingerprint density at radius 2 is 0.900 bits per heavy atom. The quantitative estimate of drug-likeness (QED) is 0.106. The highest BCUT2D eigenvalue weighted by Crippen LogP contribution is 2.36. The molecule has 0 saturated carbocycles. The first-order valence-electron chi connectivity index (χ1n) is 15.7. The fourth-order valence-electron chi connectivity index (χ4n) is 5.54. The van der Waals surface area contributed by atoms with Crippen LogP contribution in [0.3, 0.4) is 0 Å². The fourth-order valence-corrected chi connectivity index (χ4v) is 5.54. The van der Waals surface area contributed by atoms with Crippen molar-refractivity contribution in [2.45, 2.75) is 117 Å². The summed E-state index contributed by atoms with van der Waals surface area (Å²) in [5.74, 6) is 0. The molecule has 0 heterocycles. The van der Waals surface area contributed by atoms with Gasteiger partial charge in [-0.2, -0.15) is 0 Å². The summed E-state index contributed by atoms with van der Waals surface area (Å²) in [6.07, 6.45) is 21.6. The lowest BCUT2D eigenvalue weighted by Gasteiger charge is -2.18. The molecule has 40 heavy (non-hydrogen) atoms. The highest BCUT2D eigenvalue weighted by Gasteiger charge is 2.14. The number of rotatable bonds is 18. The first-order valence-corrected chi connectivity index (χ1v) is 16.9. The predicted octanol–water partition coefficient (Wildman–Crippen LogP) is 10.8. The number of unbranched alkanes of at least 4 members (excludes halogenated alkanes) is 12. The Kier molecular flexibility index (Phi) is 18.5. The Hall–Kier alpha value is -2.03. The maximum absolute atomic E-state index is 7.23. The highest BCUT2D eigenvalue weighted by atomic mass is 31.2. The molecule has 0 unspecified atom stereocenters. The summed E-state index contributed by atoms with van der Waals surface area (Å²) in [6, 6.07) is 27.1. The third-order valence-electron chi connectivity index (χ3n) is 7.66. The van der Waals surface area contributed by atoms with Crippen molar-refractivity contribution in [3.63, 3.8) is 0 Å². The van der Waals surface area contributed by atoms with Crippen molar-refractivity contribution < 1.29 is 14.7 Å². The minimum atomic E-state index is -2.62. The van der Waals surface area contributed by atoms with Gasteiger partial charge in [0.2, 0.25) is 0 Å². The lowest BCUT2D eigenvalue weighted by Crippen LogP contribution is -2.00. The number of hydrogen-bond donors (Lipinski definition) is 3. The summed E-state index contributed by atoms with van der Waals surface area (Å²) in [6.45, 7) is 4.60. The van der Waals surface area contributed by atoms with Crippen LogP contribution >= 0.6 is 8.60 Å². The molecular formula is C36H53O3P. The molecule has 3 aromatic carbocycles. The topological polar surface area (TPSA) is 60.7 Å². The molecule has 0 aliphatic rings. The minimum Gasteiger partial charge on any atom is -0.328 e. The Labute approximate surface area is 245 Å². The van der Waals surface area contributed by atoms with Crippen LogP contribution in [0.4, 0.5) is 0 Å². The van der Waals surface area contributed by atoms with E-state index in [1.54, 1.807) is 11.1 Å². The van der Waals surface area contributed by atoms with Gasteiger partial charge >= 0.3 is 8.60 Å². The van der Waals surface area contributed by atoms with Crippen LogP contribution in [0.2, 0.25) is 0 Å². The van der Waals surface area contributed by atoms with Crippen LogP contribution in [0.25, 0.3) is 22.3 Å². The molecule has 0 aliphatic carbocycles. The van der Waals surface area contributed by atoms with E-state index in [9.17, 15) is 0 Å². The van der Waals surface area contributed by atoms with Crippen LogP contribution in [0.1, 0.15) is 115 Å². The van der Waals surface area contributed by atoms with E-state index in [0.717, 1.165) is 0 Å². The molecule has 3 nitrogen and oxygen atoms in total. The van der Waals surface area contributed by atoms with Crippen LogP contribution in [0.15, 0.2) is 72.8 Å². The largest absolute Gasteiger partial charge is 0.328 e. The first kappa shape index (κ1) is 34.2. The molecule has 4 heteroatoms. The normalized spacial score (nSPS) is 10.9. The zero-order valence-corrected chi connectivity index (χ0v) is 25.9. The lowest BCUT2D eigenvalue weighted by molar-refractivity contribution is 0.368. The van der Waals surface area contributed by atoms with E-state index in [1.165, 1.54) is 125 Å². The molecule has 3 aromatic rings. The molecule has 0 atom stereocenters. The Bertz CT molecular complexity index is 1030. The van der Waals surface area contributed by atoms with Gasteiger partial charge in [-0.1, -0.05) is 164 Å². The monoisotopic (exact) mass is 564 g/mol. The molecule has 3 rings (SSSR count). The van der Waals surface area contributed by atoms with Crippen molar-refractivity contribution in [2.24, 2.45) is 0 Å². The summed E-state index contributed by atoms with van der Waals surface area (Å²) < 4.78 is 0. The molecule has 0 aromatic heterocycles. The fraction of sp³-hybridized carbons (Fsp3) is 0.500. The number of hydrogen-bond acceptors (Lipinski definition) is 3. The molecule has 3 N–H and O–H groups in total. The molecule has 220 valence electrons. The first-order chi connectivity index (χ1) is 19.6. The average Bonchev–Trinajstić information content (AvgIpc) is 2.97. The molecule has 0 radical (unpaired) electrons. The van der Waals surface area contributed by atoms with Crippen molar-refractivity contribution >= 4 is 8.60 Å². The van der Waals surface area contributed by atoms with Crippen LogP contribution in [-0.4, -0.2) is 14.7 Å². The molecule has 0 bridgehead atoms. The van der Waals surface area contributed by atoms with Crippen molar-refractivity contribution in [2.75, 3.05) is 0 Å². The second-order valence-corrected chi connectivity index (χ2v) is 11.4. The number of benzene rings is 3. The van der Waals surface area contributed by atoms with E-state index in [2.05, 4.69) is 86.6 Å². The van der Waals surface area contributed by atoms with E-state index >= 15 is 0 Å². The van der Waals surface area contributed by atoms with Crippen LogP contribution in [0.5, 0.6) is 0 Å². The summed E-state index contributed by atoms with van der Waals surface area (Å²) >= 11 is 0. The zero-order valence-electron chi connectivity index (χ0n) is 25.0. The van der Waals surface area contributed by atoms with E-state index < -0.39 is 8.60 Å². The van der Waals surface area contributed by atoms with Crippen LogP contribution in [0, 0.1) is 0 Å². The summed E-state index contributed by atoms with van der Waals surface area (Å²) in [5.41, 5.74) is 8.72. The van der Waals surface area contributed by atoms with Crippen LogP contribution < -0.4 is 0 Å². The van der Waals surface area contributed by atoms with Gasteiger partial charge in [0.15, 0.2) is 0 Å². The maximum Gasteiger partial charge on any atom is 0.324 e. The van der Waals surface area contributed by atoms with Gasteiger partial charge in [0.1, 0.15) is 0 Å². The van der Waals surface area contributed by atoms with E-state index in [4.69, 9.17) is 14.7 Å². The third-order valence-corrected chi connectivity index (χ3v) is 7.66. The van der Waals surface area contributed by atoms with Gasteiger partial charge in [-0.25, -0.2) is 0 Å². The average molecular weight is 565 g/mol. The molecule has 0 spiro atoms. The summed E-state index contributed by atoms with van der Waals surface area (Å²) in [4.78, 5) is 21.7. The zero-order chi connectivity index (χ0) is 28.8. The van der Waals surface area contributed by atoms with Crippen molar-refractivity contribution in [1.29, 1.82) is 0 Å². The minimum absolute atomic E-state index is 1.21. The van der Waals surface area contributed by atoms with Gasteiger partial charge in [-0.3, -0.25) is 0 Å². The Balaban J connectivity index is 0.00000131. The van der Waals surface area contributed by atoms with Gasteiger partial charge in [0.05, 0.1) is 0 Å². The van der Waals surface area contributed by atoms with Crippen molar-refractivity contribution in [1.82, 2.24) is 0 Å². The molecule has 0 fully saturated rings. The van der Waals surface area contributed by atoms with E-state index in [-0.39, 0.29) is 0 Å². The molecular weight excluding hydrogens is 511 g/mol. The van der Waals surface area contributed by atoms with Gasteiger partial charge in [-0.15, -0.1) is 0 Å². The van der Waals surface area contributed by atoms with E-state index in [0.29, 0.717) is 0 Å². The third kappa shape index (κ3) is 13.6. The van der Waals surface area contributed by atoms with Gasteiger partial charge in [0.25, 0.3) is 0 Å². The summed E-state index contributed by atoms with van der Waals surface area (Å²) in [7, 11) is -2.62. The lowest BCUT2D eigenvalue weighted by atomic mass is 9.86. The molecule has 0 aliphatic heterocycles.